The van der Waals surface area contributed by atoms with E-state index in [2.05, 4.69) is 5.32 Å². The van der Waals surface area contributed by atoms with Crippen LogP contribution in [0.3, 0.4) is 0 Å². The van der Waals surface area contributed by atoms with Gasteiger partial charge in [-0.25, -0.2) is 0 Å². The molecular weight excluding hydrogens is 196 g/mol. The quantitative estimate of drug-likeness (QED) is 0.589. The average Bonchev–Trinajstić information content (AvgIpc) is 2.17. The highest BCUT2D eigenvalue weighted by atomic mass is 16.5. The number of nitrogens with two attached hydrogens (primary N) is 1. The Morgan fingerprint density at radius 1 is 1.33 bits per heavy atom. The number of carbonyl (C=O) groups excluding carboxylic acids is 1. The first kappa shape index (κ1) is 14.3. The van der Waals surface area contributed by atoms with Crippen LogP contribution in [-0.2, 0) is 14.3 Å². The summed E-state index contributed by atoms with van der Waals surface area (Å²) in [6, 6.07) is -0.0998. The van der Waals surface area contributed by atoms with Crippen molar-refractivity contribution in [3.63, 3.8) is 0 Å². The number of ether oxygens (including phenoxy) is 2. The second-order valence-corrected chi connectivity index (χ2v) is 3.72. The summed E-state index contributed by atoms with van der Waals surface area (Å²) in [4.78, 5) is 11.5. The molecule has 2 atom stereocenters. The molecule has 0 saturated heterocycles. The first-order valence-corrected chi connectivity index (χ1v) is 5.11. The summed E-state index contributed by atoms with van der Waals surface area (Å²) >= 11 is 0. The molecule has 0 aliphatic heterocycles. The smallest absolute Gasteiger partial charge is 0.220 e. The predicted molar refractivity (Wildman–Crippen MR) is 58.5 cm³/mol. The minimum atomic E-state index is -0.0998. The Bertz CT molecular complexity index is 176. The second-order valence-electron chi connectivity index (χ2n) is 3.72. The van der Waals surface area contributed by atoms with Crippen molar-refractivity contribution in [2.45, 2.75) is 19.4 Å². The zero-order valence-electron chi connectivity index (χ0n) is 9.79. The van der Waals surface area contributed by atoms with Gasteiger partial charge in [0.25, 0.3) is 0 Å². The summed E-state index contributed by atoms with van der Waals surface area (Å²) < 4.78 is 9.88. The second kappa shape index (κ2) is 8.64. The summed E-state index contributed by atoms with van der Waals surface area (Å²) in [5.74, 6) is 0.211. The highest BCUT2D eigenvalue weighted by molar-refractivity contribution is 5.76. The van der Waals surface area contributed by atoms with Crippen LogP contribution in [0, 0.1) is 5.92 Å². The van der Waals surface area contributed by atoms with E-state index in [1.807, 2.05) is 6.92 Å². The molecule has 0 aliphatic carbocycles. The summed E-state index contributed by atoms with van der Waals surface area (Å²) in [5.41, 5.74) is 5.48. The van der Waals surface area contributed by atoms with Crippen molar-refractivity contribution in [1.29, 1.82) is 0 Å². The van der Waals surface area contributed by atoms with Crippen molar-refractivity contribution in [2.24, 2.45) is 11.7 Å². The van der Waals surface area contributed by atoms with E-state index in [1.165, 1.54) is 0 Å². The van der Waals surface area contributed by atoms with Crippen LogP contribution in [0.2, 0.25) is 0 Å². The third-order valence-electron chi connectivity index (χ3n) is 2.00. The Labute approximate surface area is 91.3 Å². The van der Waals surface area contributed by atoms with E-state index in [9.17, 15) is 4.79 Å². The highest BCUT2D eigenvalue weighted by Crippen LogP contribution is 2.01. The molecule has 0 spiro atoms. The lowest BCUT2D eigenvalue weighted by atomic mass is 10.1. The number of carbonyl (C=O) groups is 1. The van der Waals surface area contributed by atoms with Gasteiger partial charge in [0.1, 0.15) is 0 Å². The third kappa shape index (κ3) is 7.30. The molecule has 90 valence electrons. The minimum Gasteiger partial charge on any atom is -0.384 e. The molecule has 0 rings (SSSR count). The van der Waals surface area contributed by atoms with Gasteiger partial charge in [-0.2, -0.15) is 0 Å². The summed E-state index contributed by atoms with van der Waals surface area (Å²) in [5, 5.41) is 2.81. The molecular formula is C10H22N2O3. The molecule has 0 radical (unpaired) electrons. The number of amides is 1. The molecule has 0 aromatic rings. The maximum Gasteiger partial charge on any atom is 0.220 e. The standard InChI is InChI=1S/C10H22N2O3/c1-8(6-14-2)4-10(13)12-9(5-11)7-15-3/h8-9H,4-7,11H2,1-3H3,(H,12,13). The Balaban J connectivity index is 3.79. The Morgan fingerprint density at radius 2 is 1.93 bits per heavy atom. The van der Waals surface area contributed by atoms with Gasteiger partial charge in [-0.05, 0) is 5.92 Å². The van der Waals surface area contributed by atoms with Crippen molar-refractivity contribution in [3.05, 3.63) is 0 Å². The van der Waals surface area contributed by atoms with E-state index in [4.69, 9.17) is 15.2 Å². The molecule has 5 nitrogen and oxygen atoms in total. The van der Waals surface area contributed by atoms with E-state index in [0.717, 1.165) is 0 Å². The van der Waals surface area contributed by atoms with Crippen molar-refractivity contribution >= 4 is 5.91 Å². The molecule has 0 aromatic carbocycles. The molecule has 0 heterocycles. The zero-order chi connectivity index (χ0) is 11.7. The van der Waals surface area contributed by atoms with Gasteiger partial charge in [-0.15, -0.1) is 0 Å². The zero-order valence-corrected chi connectivity index (χ0v) is 9.79. The number of nitrogens with one attached hydrogen (secondary N) is 1. The fraction of sp³-hybridized carbons (Fsp3) is 0.900. The third-order valence-corrected chi connectivity index (χ3v) is 2.00. The van der Waals surface area contributed by atoms with Gasteiger partial charge >= 0.3 is 0 Å². The largest absolute Gasteiger partial charge is 0.384 e. The molecule has 5 heteroatoms. The van der Waals surface area contributed by atoms with Crippen LogP contribution in [-0.4, -0.2) is 45.9 Å². The molecule has 0 aromatic heterocycles. The van der Waals surface area contributed by atoms with Gasteiger partial charge < -0.3 is 20.5 Å². The number of hydrogen-bond acceptors (Lipinski definition) is 4. The molecule has 0 fully saturated rings. The topological polar surface area (TPSA) is 73.6 Å². The highest BCUT2D eigenvalue weighted by Gasteiger charge is 2.13. The molecule has 0 aliphatic rings. The number of methoxy groups -OCH3 is 2. The van der Waals surface area contributed by atoms with Gasteiger partial charge in [-0.3, -0.25) is 4.79 Å². The summed E-state index contributed by atoms with van der Waals surface area (Å²) in [6.45, 7) is 3.39. The number of hydrogen-bond donors (Lipinski definition) is 2. The number of rotatable bonds is 8. The predicted octanol–water partition coefficient (Wildman–Crippen LogP) is -0.251. The van der Waals surface area contributed by atoms with Crippen molar-refractivity contribution < 1.29 is 14.3 Å². The Hall–Kier alpha value is -0.650. The van der Waals surface area contributed by atoms with Crippen LogP contribution >= 0.6 is 0 Å². The molecule has 3 N–H and O–H groups in total. The summed E-state index contributed by atoms with van der Waals surface area (Å²) in [7, 11) is 3.21. The van der Waals surface area contributed by atoms with E-state index < -0.39 is 0 Å². The van der Waals surface area contributed by atoms with Crippen LogP contribution in [0.25, 0.3) is 0 Å². The normalized spacial score (nSPS) is 14.7. The van der Waals surface area contributed by atoms with E-state index in [1.54, 1.807) is 14.2 Å². The molecule has 1 amide bonds. The Morgan fingerprint density at radius 3 is 2.40 bits per heavy atom. The van der Waals surface area contributed by atoms with Gasteiger partial charge in [-0.1, -0.05) is 6.92 Å². The van der Waals surface area contributed by atoms with Crippen molar-refractivity contribution in [2.75, 3.05) is 34.0 Å². The lowest BCUT2D eigenvalue weighted by molar-refractivity contribution is -0.123. The fourth-order valence-electron chi connectivity index (χ4n) is 1.32. The van der Waals surface area contributed by atoms with Crippen LogP contribution in [0.5, 0.6) is 0 Å². The first-order valence-electron chi connectivity index (χ1n) is 5.11. The van der Waals surface area contributed by atoms with Crippen molar-refractivity contribution in [1.82, 2.24) is 5.32 Å². The maximum atomic E-state index is 11.5. The SMILES string of the molecule is COCC(C)CC(=O)NC(CN)COC. The van der Waals surface area contributed by atoms with Crippen molar-refractivity contribution in [3.8, 4) is 0 Å². The lowest BCUT2D eigenvalue weighted by Crippen LogP contribution is -2.43. The average molecular weight is 218 g/mol. The minimum absolute atomic E-state index is 0.00736. The van der Waals surface area contributed by atoms with Crippen LogP contribution in [0.1, 0.15) is 13.3 Å². The maximum absolute atomic E-state index is 11.5. The van der Waals surface area contributed by atoms with Crippen LogP contribution in [0.4, 0.5) is 0 Å². The fourth-order valence-corrected chi connectivity index (χ4v) is 1.32. The monoisotopic (exact) mass is 218 g/mol. The first-order chi connectivity index (χ1) is 7.13. The van der Waals surface area contributed by atoms with E-state index in [0.29, 0.717) is 26.2 Å². The lowest BCUT2D eigenvalue weighted by Gasteiger charge is -2.17. The Kier molecular flexibility index (Phi) is 8.27. The van der Waals surface area contributed by atoms with Gasteiger partial charge in [0, 0.05) is 33.8 Å². The molecule has 2 unspecified atom stereocenters. The van der Waals surface area contributed by atoms with Gasteiger partial charge in [0.15, 0.2) is 0 Å². The van der Waals surface area contributed by atoms with Crippen LogP contribution < -0.4 is 11.1 Å². The van der Waals surface area contributed by atoms with Gasteiger partial charge in [0.2, 0.25) is 5.91 Å². The van der Waals surface area contributed by atoms with E-state index in [-0.39, 0.29) is 17.9 Å². The molecule has 0 bridgehead atoms. The van der Waals surface area contributed by atoms with Gasteiger partial charge in [0.05, 0.1) is 12.6 Å². The molecule has 15 heavy (non-hydrogen) atoms. The van der Waals surface area contributed by atoms with E-state index >= 15 is 0 Å². The summed E-state index contributed by atoms with van der Waals surface area (Å²) in [6.07, 6.45) is 0.452. The van der Waals surface area contributed by atoms with Crippen LogP contribution in [0.15, 0.2) is 0 Å². The molecule has 0 saturated carbocycles.